The first-order valence-electron chi connectivity index (χ1n) is 9.38. The zero-order valence-corrected chi connectivity index (χ0v) is 16.8. The van der Waals surface area contributed by atoms with Gasteiger partial charge in [-0.2, -0.15) is 0 Å². The fraction of sp³-hybridized carbons (Fsp3) is 0.550. The van der Waals surface area contributed by atoms with Gasteiger partial charge in [0.15, 0.2) is 0 Å². The van der Waals surface area contributed by atoms with Crippen LogP contribution < -0.4 is 0 Å². The number of hydrogen-bond acceptors (Lipinski definition) is 4. The Hall–Kier alpha value is -2.57. The van der Waals surface area contributed by atoms with E-state index in [0.29, 0.717) is 31.9 Å². The number of fused-ring (bicyclic) bond motifs is 1. The van der Waals surface area contributed by atoms with Crippen LogP contribution in [0.3, 0.4) is 0 Å². The summed E-state index contributed by atoms with van der Waals surface area (Å²) >= 11 is 0. The molecule has 27 heavy (non-hydrogen) atoms. The van der Waals surface area contributed by atoms with Gasteiger partial charge in [0, 0.05) is 32.4 Å². The summed E-state index contributed by atoms with van der Waals surface area (Å²) in [6, 6.07) is 3.91. The zero-order valence-electron chi connectivity index (χ0n) is 16.8. The molecule has 0 bridgehead atoms. The van der Waals surface area contributed by atoms with Crippen LogP contribution in [0, 0.1) is 13.8 Å². The van der Waals surface area contributed by atoms with Crippen LogP contribution in [-0.2, 0) is 4.74 Å². The van der Waals surface area contributed by atoms with Crippen molar-refractivity contribution < 1.29 is 14.3 Å². The van der Waals surface area contributed by atoms with Crippen molar-refractivity contribution in [3.8, 4) is 0 Å². The second kappa shape index (κ2) is 7.21. The Kier molecular flexibility index (Phi) is 5.13. The Morgan fingerprint density at radius 1 is 1.04 bits per heavy atom. The van der Waals surface area contributed by atoms with Gasteiger partial charge in [-0.3, -0.25) is 9.20 Å². The third-order valence-electron chi connectivity index (χ3n) is 4.58. The molecule has 1 aliphatic heterocycles. The fourth-order valence-electron chi connectivity index (χ4n) is 3.31. The number of rotatable bonds is 1. The van der Waals surface area contributed by atoms with E-state index in [2.05, 4.69) is 4.98 Å². The van der Waals surface area contributed by atoms with Crippen molar-refractivity contribution in [1.82, 2.24) is 19.2 Å². The molecule has 7 heteroatoms. The molecule has 3 rings (SSSR count). The molecule has 0 aliphatic carbocycles. The van der Waals surface area contributed by atoms with Gasteiger partial charge in [0.05, 0.1) is 5.69 Å². The normalized spacial score (nSPS) is 15.7. The number of imidazole rings is 1. The Bertz CT molecular complexity index is 866. The van der Waals surface area contributed by atoms with Crippen molar-refractivity contribution >= 4 is 17.6 Å². The third kappa shape index (κ3) is 4.23. The second-order valence-corrected chi connectivity index (χ2v) is 8.09. The Morgan fingerprint density at radius 3 is 2.41 bits per heavy atom. The van der Waals surface area contributed by atoms with Gasteiger partial charge >= 0.3 is 6.09 Å². The fourth-order valence-corrected chi connectivity index (χ4v) is 3.31. The molecule has 2 aromatic rings. The predicted molar refractivity (Wildman–Crippen MR) is 103 cm³/mol. The van der Waals surface area contributed by atoms with Gasteiger partial charge in [0.25, 0.3) is 5.91 Å². The summed E-state index contributed by atoms with van der Waals surface area (Å²) in [5.41, 5.74) is 2.63. The summed E-state index contributed by atoms with van der Waals surface area (Å²) in [7, 11) is 0. The molecule has 7 nitrogen and oxygen atoms in total. The maximum Gasteiger partial charge on any atom is 0.410 e. The largest absolute Gasteiger partial charge is 0.444 e. The zero-order chi connectivity index (χ0) is 19.8. The molecule has 1 aliphatic rings. The molecule has 0 spiro atoms. The van der Waals surface area contributed by atoms with E-state index in [0.717, 1.165) is 23.3 Å². The predicted octanol–water partition coefficient (Wildman–Crippen LogP) is 3.03. The molecule has 3 heterocycles. The highest BCUT2D eigenvalue weighted by Crippen LogP contribution is 2.18. The number of aromatic nitrogens is 2. The van der Waals surface area contributed by atoms with Crippen LogP contribution in [0.5, 0.6) is 0 Å². The van der Waals surface area contributed by atoms with Gasteiger partial charge < -0.3 is 14.5 Å². The SMILES string of the molecule is Cc1ccc2nc(C)c(C(=O)N3CCCN(C(=O)OC(C)(C)C)CC3)n2c1. The number of carbonyl (C=O) groups excluding carboxylic acids is 2. The van der Waals surface area contributed by atoms with Gasteiger partial charge in [0.1, 0.15) is 16.9 Å². The van der Waals surface area contributed by atoms with E-state index in [4.69, 9.17) is 4.74 Å². The summed E-state index contributed by atoms with van der Waals surface area (Å²) in [5, 5.41) is 0. The van der Waals surface area contributed by atoms with Crippen LogP contribution >= 0.6 is 0 Å². The lowest BCUT2D eigenvalue weighted by Crippen LogP contribution is -2.40. The molecule has 146 valence electrons. The standard InChI is InChI=1S/C20H28N4O3/c1-14-7-8-16-21-15(2)17(24(16)13-14)18(25)22-9-6-10-23(12-11-22)19(26)27-20(3,4)5/h7-8,13H,6,9-12H2,1-5H3. The molecular weight excluding hydrogens is 344 g/mol. The lowest BCUT2D eigenvalue weighted by atomic mass is 10.2. The summed E-state index contributed by atoms with van der Waals surface area (Å²) in [6.45, 7) is 11.6. The van der Waals surface area contributed by atoms with E-state index in [9.17, 15) is 9.59 Å². The van der Waals surface area contributed by atoms with Crippen LogP contribution in [0.2, 0.25) is 0 Å². The Labute approximate surface area is 159 Å². The van der Waals surface area contributed by atoms with Crippen molar-refractivity contribution in [2.45, 2.75) is 46.6 Å². The highest BCUT2D eigenvalue weighted by molar-refractivity contribution is 5.94. The summed E-state index contributed by atoms with van der Waals surface area (Å²) in [6.07, 6.45) is 2.34. The second-order valence-electron chi connectivity index (χ2n) is 8.09. The Morgan fingerprint density at radius 2 is 1.70 bits per heavy atom. The van der Waals surface area contributed by atoms with Gasteiger partial charge in [-0.25, -0.2) is 9.78 Å². The number of pyridine rings is 1. The van der Waals surface area contributed by atoms with E-state index < -0.39 is 5.60 Å². The number of ether oxygens (including phenoxy) is 1. The topological polar surface area (TPSA) is 67.2 Å². The number of nitrogens with zero attached hydrogens (tertiary/aromatic N) is 4. The van der Waals surface area contributed by atoms with E-state index in [1.165, 1.54) is 0 Å². The minimum Gasteiger partial charge on any atom is -0.444 e. The number of aryl methyl sites for hydroxylation is 2. The summed E-state index contributed by atoms with van der Waals surface area (Å²) in [4.78, 5) is 33.5. The average Bonchev–Trinajstić information content (AvgIpc) is 2.74. The molecule has 0 radical (unpaired) electrons. The molecule has 2 aromatic heterocycles. The minimum absolute atomic E-state index is 0.0448. The highest BCUT2D eigenvalue weighted by atomic mass is 16.6. The van der Waals surface area contributed by atoms with E-state index >= 15 is 0 Å². The number of hydrogen-bond donors (Lipinski definition) is 0. The number of carbonyl (C=O) groups is 2. The smallest absolute Gasteiger partial charge is 0.410 e. The molecule has 0 N–H and O–H groups in total. The first-order chi connectivity index (χ1) is 12.7. The maximum absolute atomic E-state index is 13.2. The monoisotopic (exact) mass is 372 g/mol. The quantitative estimate of drug-likeness (QED) is 0.772. The van der Waals surface area contributed by atoms with Gasteiger partial charge in [-0.15, -0.1) is 0 Å². The van der Waals surface area contributed by atoms with Crippen LogP contribution in [0.15, 0.2) is 18.3 Å². The first-order valence-corrected chi connectivity index (χ1v) is 9.38. The van der Waals surface area contributed by atoms with E-state index in [1.54, 1.807) is 4.90 Å². The highest BCUT2D eigenvalue weighted by Gasteiger charge is 2.28. The molecule has 1 fully saturated rings. The van der Waals surface area contributed by atoms with E-state index in [-0.39, 0.29) is 12.0 Å². The van der Waals surface area contributed by atoms with Crippen molar-refractivity contribution in [1.29, 1.82) is 0 Å². The maximum atomic E-state index is 13.2. The van der Waals surface area contributed by atoms with Gasteiger partial charge in [-0.1, -0.05) is 6.07 Å². The van der Waals surface area contributed by atoms with Crippen molar-refractivity contribution in [2.75, 3.05) is 26.2 Å². The summed E-state index contributed by atoms with van der Waals surface area (Å²) < 4.78 is 7.32. The van der Waals surface area contributed by atoms with Crippen molar-refractivity contribution in [3.05, 3.63) is 35.3 Å². The van der Waals surface area contributed by atoms with Crippen LogP contribution in [0.1, 0.15) is 48.9 Å². The van der Waals surface area contributed by atoms with Crippen molar-refractivity contribution in [2.24, 2.45) is 0 Å². The minimum atomic E-state index is -0.523. The average molecular weight is 372 g/mol. The number of amides is 2. The molecule has 0 saturated carbocycles. The molecule has 0 atom stereocenters. The third-order valence-corrected chi connectivity index (χ3v) is 4.58. The van der Waals surface area contributed by atoms with Crippen LogP contribution in [0.4, 0.5) is 4.79 Å². The Balaban J connectivity index is 1.76. The van der Waals surface area contributed by atoms with Gasteiger partial charge in [-0.05, 0) is 52.7 Å². The molecule has 1 saturated heterocycles. The molecular formula is C20H28N4O3. The van der Waals surface area contributed by atoms with Crippen molar-refractivity contribution in [3.63, 3.8) is 0 Å². The van der Waals surface area contributed by atoms with Crippen LogP contribution in [-0.4, -0.2) is 63.0 Å². The lowest BCUT2D eigenvalue weighted by molar-refractivity contribution is 0.0255. The molecule has 2 amide bonds. The lowest BCUT2D eigenvalue weighted by Gasteiger charge is -2.26. The summed E-state index contributed by atoms with van der Waals surface area (Å²) in [5.74, 6) is -0.0448. The van der Waals surface area contributed by atoms with Gasteiger partial charge in [0.2, 0.25) is 0 Å². The first kappa shape index (κ1) is 19.2. The van der Waals surface area contributed by atoms with Crippen LogP contribution in [0.25, 0.3) is 5.65 Å². The van der Waals surface area contributed by atoms with E-state index in [1.807, 2.05) is 62.2 Å². The molecule has 0 aromatic carbocycles. The molecule has 0 unspecified atom stereocenters.